The number of methoxy groups -OCH3 is 2. The monoisotopic (exact) mass is 1630 g/mol. The quantitative estimate of drug-likeness (QED) is 0.0290. The molecule has 1 aliphatic carbocycles. The molecule has 6 heterocycles. The first-order valence-electron chi connectivity index (χ1n) is 36.1. The van der Waals surface area contributed by atoms with Gasteiger partial charge in [-0.2, -0.15) is 20.1 Å². The van der Waals surface area contributed by atoms with Crippen molar-refractivity contribution in [3.63, 3.8) is 0 Å². The zero-order valence-electron chi connectivity index (χ0n) is 64.0. The van der Waals surface area contributed by atoms with Gasteiger partial charge in [0.25, 0.3) is 0 Å². The van der Waals surface area contributed by atoms with Gasteiger partial charge in [0, 0.05) is 97.8 Å². The Morgan fingerprint density at radius 3 is 1.35 bits per heavy atom. The summed E-state index contributed by atoms with van der Waals surface area (Å²) in [6.07, 6.45) is 13.4. The summed E-state index contributed by atoms with van der Waals surface area (Å²) in [7, 11) is -6.00. The van der Waals surface area contributed by atoms with Gasteiger partial charge in [-0.25, -0.2) is 23.4 Å². The molecule has 4 aromatic heterocycles. The van der Waals surface area contributed by atoms with Crippen molar-refractivity contribution in [2.75, 3.05) is 130 Å². The SMILES string of the molecule is CC(C)Oc1cc(N2CCC(N3CCN(C4CC4)CC3)CC2)ccc1Nc1ncc(Cl)c(Nc2ccccc2P(C)(C)=O)n1.COc1cc(-c2cnn(C)c2)ccc1Nc1ncc(Cl)c(Nc2ccccc2P(C)(C)=O)n1.COc1cc(P(C)(C)=O)ccc1Nc1ncc(Cl)c(Nc2ccccc2S(=O)(=O)C(C)C)n1. The summed E-state index contributed by atoms with van der Waals surface area (Å²) in [6.45, 7) is 24.6. The van der Waals surface area contributed by atoms with Crippen molar-refractivity contribution >= 4 is 157 Å². The molecular weight excluding hydrogens is 1530 g/mol. The smallest absolute Gasteiger partial charge is 0.229 e. The third kappa shape index (κ3) is 21.2. The van der Waals surface area contributed by atoms with Crippen molar-refractivity contribution in [1.29, 1.82) is 0 Å². The highest BCUT2D eigenvalue weighted by atomic mass is 35.5. The van der Waals surface area contributed by atoms with Crippen LogP contribution in [0.4, 0.5) is 75.1 Å². The van der Waals surface area contributed by atoms with Gasteiger partial charge in [-0.15, -0.1) is 0 Å². The number of nitrogens with zero attached hydrogens (tertiary/aromatic N) is 11. The van der Waals surface area contributed by atoms with Crippen LogP contribution in [-0.4, -0.2) is 175 Å². The Hall–Kier alpha value is -8.80. The van der Waals surface area contributed by atoms with E-state index in [9.17, 15) is 22.1 Å². The standard InChI is InChI=1S/C33H45ClN7O2P.C23H24ClN6O2P.C22H26ClN4O4PS/c1-23(2)43-30-21-26(39-15-13-25(14-16-39)41-19-17-40(18-20-41)24-9-10-24)11-12-28(30)37-33-35-22-27(34)32(38-33)36-29-7-5-6-8-31(29)44(3,4)42;1-30-14-16(12-26-30)15-9-10-18(20(11-15)32-2)28-23-25-13-17(24)22(29-23)27-19-7-5-6-8-21(19)33(3,4)31;1-14(2)33(29,30)20-9-7-6-8-18(20)25-21-16(23)13-24-22(27-21)26-17-11-10-15(32(4,5)28)12-19(17)31-3/h5-8,11-12,21-25H,9-10,13-20H2,1-4H3,(H2,35,36,37,38);5-14H,1-4H3,(H2,25,27,28,29);6-14H,1-5H3,(H2,24,25,26,27). The number of piperazine rings is 1. The topological polar surface area (TPSA) is 290 Å². The average Bonchev–Trinajstić information content (AvgIpc) is 1.47. The van der Waals surface area contributed by atoms with E-state index < -0.39 is 36.5 Å². The zero-order chi connectivity index (χ0) is 78.8. The number of piperidine rings is 1. The first kappa shape index (κ1) is 82.2. The third-order valence-corrected chi connectivity index (χ3v) is 26.3. The van der Waals surface area contributed by atoms with Gasteiger partial charge in [-0.1, -0.05) is 77.3 Å². The summed E-state index contributed by atoms with van der Waals surface area (Å²) in [5, 5.41) is 25.8. The van der Waals surface area contributed by atoms with Crippen LogP contribution in [0.25, 0.3) is 11.1 Å². The van der Waals surface area contributed by atoms with Crippen molar-refractivity contribution in [2.45, 2.75) is 81.7 Å². The number of hydrogen-bond acceptors (Lipinski definition) is 24. The zero-order valence-corrected chi connectivity index (χ0v) is 69.7. The first-order valence-corrected chi connectivity index (χ1v) is 46.6. The van der Waals surface area contributed by atoms with Crippen LogP contribution in [0.5, 0.6) is 17.2 Å². The van der Waals surface area contributed by atoms with Gasteiger partial charge < -0.3 is 64.7 Å². The Balaban J connectivity index is 0.000000166. The molecule has 0 spiro atoms. The van der Waals surface area contributed by atoms with Crippen LogP contribution in [0, 0.1) is 0 Å². The van der Waals surface area contributed by atoms with Crippen LogP contribution >= 0.6 is 56.2 Å². The van der Waals surface area contributed by atoms with Gasteiger partial charge in [0.15, 0.2) is 27.3 Å². The predicted octanol–water partition coefficient (Wildman–Crippen LogP) is 16.7. The molecule has 25 nitrogen and oxygen atoms in total. The Morgan fingerprint density at radius 2 is 0.909 bits per heavy atom. The summed E-state index contributed by atoms with van der Waals surface area (Å²) in [5.41, 5.74) is 6.96. The Labute approximate surface area is 659 Å². The van der Waals surface area contributed by atoms with E-state index in [0.29, 0.717) is 84.9 Å². The van der Waals surface area contributed by atoms with E-state index in [1.54, 1.807) is 120 Å². The number of sulfone groups is 1. The lowest BCUT2D eigenvalue weighted by molar-refractivity contribution is 0.0809. The summed E-state index contributed by atoms with van der Waals surface area (Å²) >= 11 is 19.1. The van der Waals surface area contributed by atoms with E-state index in [4.69, 9.17) is 49.0 Å². The van der Waals surface area contributed by atoms with Gasteiger partial charge in [0.1, 0.15) is 53.7 Å². The van der Waals surface area contributed by atoms with Gasteiger partial charge >= 0.3 is 0 Å². The molecule has 3 aliphatic rings. The van der Waals surface area contributed by atoms with Crippen LogP contribution in [0.15, 0.2) is 163 Å². The van der Waals surface area contributed by atoms with Gasteiger partial charge in [0.2, 0.25) is 17.8 Å². The molecule has 0 amide bonds. The van der Waals surface area contributed by atoms with Crippen LogP contribution in [-0.2, 0) is 30.6 Å². The van der Waals surface area contributed by atoms with E-state index >= 15 is 0 Å². The number of aryl methyl sites for hydroxylation is 1. The fourth-order valence-electron chi connectivity index (χ4n) is 12.7. The average molecular weight is 1630 g/mol. The molecule has 32 heteroatoms. The second-order valence-electron chi connectivity index (χ2n) is 28.7. The molecule has 0 atom stereocenters. The number of anilines is 13. The molecule has 6 aromatic carbocycles. The molecule has 6 N–H and O–H groups in total. The Morgan fingerprint density at radius 1 is 0.473 bits per heavy atom. The minimum absolute atomic E-state index is 0.00415. The highest BCUT2D eigenvalue weighted by Gasteiger charge is 2.34. The van der Waals surface area contributed by atoms with E-state index in [-0.39, 0.29) is 27.8 Å². The number of aromatic nitrogens is 8. The molecule has 10 aromatic rings. The lowest BCUT2D eigenvalue weighted by Gasteiger charge is -2.43. The normalized spacial score (nSPS) is 14.5. The third-order valence-electron chi connectivity index (χ3n) is 18.6. The molecular formula is C78H95Cl3N17O8P3S. The molecule has 0 unspecified atom stereocenters. The van der Waals surface area contributed by atoms with Crippen LogP contribution in [0.2, 0.25) is 15.1 Å². The maximum atomic E-state index is 12.9. The van der Waals surface area contributed by atoms with Crippen LogP contribution < -0.4 is 66.9 Å². The van der Waals surface area contributed by atoms with Crippen molar-refractivity contribution in [2.24, 2.45) is 7.05 Å². The van der Waals surface area contributed by atoms with E-state index in [0.717, 1.165) is 52.3 Å². The molecule has 0 bridgehead atoms. The van der Waals surface area contributed by atoms with E-state index in [1.165, 1.54) is 77.1 Å². The van der Waals surface area contributed by atoms with Crippen molar-refractivity contribution in [1.82, 2.24) is 49.5 Å². The molecule has 3 fully saturated rings. The van der Waals surface area contributed by atoms with Crippen molar-refractivity contribution < 1.29 is 36.3 Å². The number of halogens is 3. The fraction of sp³-hybridized carbons (Fsp3) is 0.346. The highest BCUT2D eigenvalue weighted by Crippen LogP contribution is 2.43. The number of nitrogens with one attached hydrogen (secondary N) is 6. The fourth-order valence-corrected chi connectivity index (χ4v) is 17.5. The molecule has 2 saturated heterocycles. The second kappa shape index (κ2) is 35.7. The van der Waals surface area contributed by atoms with E-state index in [2.05, 4.69) is 93.7 Å². The second-order valence-corrected chi connectivity index (χ2v) is 41.9. The molecule has 0 radical (unpaired) electrons. The lowest BCUT2D eigenvalue weighted by Crippen LogP contribution is -2.53. The minimum Gasteiger partial charge on any atom is -0.495 e. The largest absolute Gasteiger partial charge is 0.495 e. The van der Waals surface area contributed by atoms with Gasteiger partial charge in [0.05, 0.1) is 89.4 Å². The number of para-hydroxylation sites is 3. The van der Waals surface area contributed by atoms with Crippen molar-refractivity contribution in [3.8, 4) is 28.4 Å². The molecule has 110 heavy (non-hydrogen) atoms. The number of hydrogen-bond donors (Lipinski definition) is 6. The molecule has 582 valence electrons. The van der Waals surface area contributed by atoms with Crippen LogP contribution in [0.3, 0.4) is 0 Å². The first-order chi connectivity index (χ1) is 52.3. The molecule has 1 saturated carbocycles. The highest BCUT2D eigenvalue weighted by molar-refractivity contribution is 7.92. The number of rotatable bonds is 25. The van der Waals surface area contributed by atoms with E-state index in [1.807, 2.05) is 99.9 Å². The molecule has 2 aliphatic heterocycles. The summed E-state index contributed by atoms with van der Waals surface area (Å²) in [4.78, 5) is 34.6. The minimum atomic E-state index is -3.53. The Bertz CT molecular complexity index is 5180. The summed E-state index contributed by atoms with van der Waals surface area (Å²) < 4.78 is 82.5. The lowest BCUT2D eigenvalue weighted by atomic mass is 10.0. The van der Waals surface area contributed by atoms with Crippen molar-refractivity contribution in [3.05, 3.63) is 173 Å². The van der Waals surface area contributed by atoms with Crippen LogP contribution in [0.1, 0.15) is 53.4 Å². The maximum absolute atomic E-state index is 12.9. The van der Waals surface area contributed by atoms with Gasteiger partial charge in [-0.3, -0.25) is 14.5 Å². The number of ether oxygens (including phenoxy) is 3. The summed E-state index contributed by atoms with van der Waals surface area (Å²) in [6, 6.07) is 40.4. The van der Waals surface area contributed by atoms with Gasteiger partial charge in [-0.05, 0) is 178 Å². The maximum Gasteiger partial charge on any atom is 0.229 e. The Kier molecular flexibility index (Phi) is 26.7. The summed E-state index contributed by atoms with van der Waals surface area (Å²) in [5.74, 6) is 3.89. The predicted molar refractivity (Wildman–Crippen MR) is 452 cm³/mol. The number of benzene rings is 6. The molecule has 13 rings (SSSR count).